The Labute approximate surface area is 93.3 Å². The number of hydrogen-bond donors (Lipinski definition) is 1. The SMILES string of the molecule is CN1c2cccc(Cl)c2CCC1C(=O)O. The van der Waals surface area contributed by atoms with Crippen LogP contribution in [0.1, 0.15) is 12.0 Å². The summed E-state index contributed by atoms with van der Waals surface area (Å²) in [6.07, 6.45) is 1.35. The van der Waals surface area contributed by atoms with Crippen LogP contribution in [0.3, 0.4) is 0 Å². The van der Waals surface area contributed by atoms with E-state index in [1.807, 2.05) is 18.2 Å². The summed E-state index contributed by atoms with van der Waals surface area (Å²) in [5.41, 5.74) is 1.99. The standard InChI is InChI=1S/C11H12ClNO2/c1-13-9-4-2-3-8(12)7(9)5-6-10(13)11(14)15/h2-4,10H,5-6H2,1H3,(H,14,15). The first-order valence-electron chi connectivity index (χ1n) is 4.84. The van der Waals surface area contributed by atoms with E-state index >= 15 is 0 Å². The highest BCUT2D eigenvalue weighted by Gasteiger charge is 2.29. The summed E-state index contributed by atoms with van der Waals surface area (Å²) >= 11 is 6.06. The van der Waals surface area contributed by atoms with E-state index in [0.717, 1.165) is 22.7 Å². The molecule has 1 aliphatic heterocycles. The minimum Gasteiger partial charge on any atom is -0.480 e. The van der Waals surface area contributed by atoms with E-state index in [1.54, 1.807) is 11.9 Å². The van der Waals surface area contributed by atoms with Crippen LogP contribution < -0.4 is 4.90 Å². The van der Waals surface area contributed by atoms with Crippen LogP contribution in [-0.2, 0) is 11.2 Å². The zero-order valence-corrected chi connectivity index (χ0v) is 9.16. The summed E-state index contributed by atoms with van der Waals surface area (Å²) in [7, 11) is 1.80. The average Bonchev–Trinajstić information content (AvgIpc) is 2.19. The van der Waals surface area contributed by atoms with Crippen molar-refractivity contribution in [1.29, 1.82) is 0 Å². The van der Waals surface area contributed by atoms with Crippen molar-refractivity contribution in [2.75, 3.05) is 11.9 Å². The number of hydrogen-bond acceptors (Lipinski definition) is 2. The van der Waals surface area contributed by atoms with Gasteiger partial charge >= 0.3 is 5.97 Å². The van der Waals surface area contributed by atoms with Crippen molar-refractivity contribution >= 4 is 23.3 Å². The van der Waals surface area contributed by atoms with Gasteiger partial charge in [0.25, 0.3) is 0 Å². The first-order chi connectivity index (χ1) is 7.11. The monoisotopic (exact) mass is 225 g/mol. The third-order valence-electron chi connectivity index (χ3n) is 2.89. The molecule has 15 heavy (non-hydrogen) atoms. The van der Waals surface area contributed by atoms with Gasteiger partial charge in [-0.25, -0.2) is 4.79 Å². The van der Waals surface area contributed by atoms with Crippen molar-refractivity contribution in [2.24, 2.45) is 0 Å². The summed E-state index contributed by atoms with van der Waals surface area (Å²) in [6, 6.07) is 5.17. The van der Waals surface area contributed by atoms with Crippen LogP contribution in [0.5, 0.6) is 0 Å². The van der Waals surface area contributed by atoms with Gasteiger partial charge in [0.2, 0.25) is 0 Å². The van der Waals surface area contributed by atoms with Gasteiger partial charge < -0.3 is 10.0 Å². The Bertz CT molecular complexity index is 406. The molecule has 0 aromatic heterocycles. The third kappa shape index (κ3) is 1.67. The molecule has 1 aromatic carbocycles. The lowest BCUT2D eigenvalue weighted by Gasteiger charge is -2.33. The molecular formula is C11H12ClNO2. The van der Waals surface area contributed by atoms with Crippen LogP contribution in [-0.4, -0.2) is 24.2 Å². The number of rotatable bonds is 1. The Kier molecular flexibility index (Phi) is 2.57. The fourth-order valence-corrected chi connectivity index (χ4v) is 2.32. The Morgan fingerprint density at radius 3 is 3.00 bits per heavy atom. The second-order valence-electron chi connectivity index (χ2n) is 3.74. The molecule has 3 nitrogen and oxygen atoms in total. The van der Waals surface area contributed by atoms with Gasteiger partial charge in [-0.3, -0.25) is 0 Å². The zero-order valence-electron chi connectivity index (χ0n) is 8.40. The fourth-order valence-electron chi connectivity index (χ4n) is 2.06. The maximum atomic E-state index is 11.0. The highest BCUT2D eigenvalue weighted by atomic mass is 35.5. The molecule has 0 saturated carbocycles. The second kappa shape index (κ2) is 3.74. The van der Waals surface area contributed by atoms with Crippen LogP contribution in [0.15, 0.2) is 18.2 Å². The molecule has 0 radical (unpaired) electrons. The summed E-state index contributed by atoms with van der Waals surface area (Å²) < 4.78 is 0. The molecule has 1 aromatic rings. The van der Waals surface area contributed by atoms with E-state index < -0.39 is 12.0 Å². The number of fused-ring (bicyclic) bond motifs is 1. The lowest BCUT2D eigenvalue weighted by molar-refractivity contribution is -0.138. The van der Waals surface area contributed by atoms with Gasteiger partial charge in [0, 0.05) is 17.8 Å². The molecular weight excluding hydrogens is 214 g/mol. The molecule has 0 spiro atoms. The van der Waals surface area contributed by atoms with Crippen LogP contribution in [0, 0.1) is 0 Å². The predicted octanol–water partition coefficient (Wildman–Crippen LogP) is 2.18. The molecule has 0 bridgehead atoms. The van der Waals surface area contributed by atoms with Crippen molar-refractivity contribution in [3.63, 3.8) is 0 Å². The third-order valence-corrected chi connectivity index (χ3v) is 3.25. The van der Waals surface area contributed by atoms with Gasteiger partial charge in [0.15, 0.2) is 0 Å². The van der Waals surface area contributed by atoms with E-state index in [9.17, 15) is 4.79 Å². The molecule has 1 heterocycles. The molecule has 1 unspecified atom stereocenters. The minimum atomic E-state index is -0.775. The summed E-state index contributed by atoms with van der Waals surface area (Å²) in [4.78, 5) is 12.8. The lowest BCUT2D eigenvalue weighted by Crippen LogP contribution is -2.42. The van der Waals surface area contributed by atoms with Gasteiger partial charge in [-0.2, -0.15) is 0 Å². The second-order valence-corrected chi connectivity index (χ2v) is 4.15. The number of likely N-dealkylation sites (N-methyl/N-ethyl adjacent to an activating group) is 1. The number of halogens is 1. The summed E-state index contributed by atoms with van der Waals surface area (Å²) in [5.74, 6) is -0.775. The zero-order chi connectivity index (χ0) is 11.0. The first kappa shape index (κ1) is 10.3. The summed E-state index contributed by atoms with van der Waals surface area (Å²) in [6.45, 7) is 0. The number of carboxylic acid groups (broad SMARTS) is 1. The van der Waals surface area contributed by atoms with Gasteiger partial charge in [0.05, 0.1) is 0 Å². The number of benzene rings is 1. The Balaban J connectivity index is 2.42. The maximum Gasteiger partial charge on any atom is 0.326 e. The largest absolute Gasteiger partial charge is 0.480 e. The Morgan fingerprint density at radius 2 is 2.33 bits per heavy atom. The summed E-state index contributed by atoms with van der Waals surface area (Å²) in [5, 5.41) is 9.75. The average molecular weight is 226 g/mol. The van der Waals surface area contributed by atoms with Crippen molar-refractivity contribution < 1.29 is 9.90 Å². The number of aliphatic carboxylic acids is 1. The number of carbonyl (C=O) groups is 1. The topological polar surface area (TPSA) is 40.5 Å². The van der Waals surface area contributed by atoms with Crippen LogP contribution in [0.2, 0.25) is 5.02 Å². The maximum absolute atomic E-state index is 11.0. The smallest absolute Gasteiger partial charge is 0.326 e. The van der Waals surface area contributed by atoms with Gasteiger partial charge in [-0.05, 0) is 30.5 Å². The van der Waals surface area contributed by atoms with Gasteiger partial charge in [-0.15, -0.1) is 0 Å². The molecule has 0 amide bonds. The van der Waals surface area contributed by atoms with Crippen LogP contribution in [0.25, 0.3) is 0 Å². The fraction of sp³-hybridized carbons (Fsp3) is 0.364. The number of carboxylic acids is 1. The quantitative estimate of drug-likeness (QED) is 0.797. The lowest BCUT2D eigenvalue weighted by atomic mass is 9.96. The van der Waals surface area contributed by atoms with Crippen LogP contribution >= 0.6 is 11.6 Å². The van der Waals surface area contributed by atoms with Crippen molar-refractivity contribution in [3.05, 3.63) is 28.8 Å². The normalized spacial score (nSPS) is 19.9. The van der Waals surface area contributed by atoms with Gasteiger partial charge in [0.1, 0.15) is 6.04 Å². The highest BCUT2D eigenvalue weighted by Crippen LogP contribution is 2.34. The number of anilines is 1. The molecule has 1 N–H and O–H groups in total. The molecule has 0 saturated heterocycles. The highest BCUT2D eigenvalue weighted by molar-refractivity contribution is 6.31. The van der Waals surface area contributed by atoms with Crippen molar-refractivity contribution in [1.82, 2.24) is 0 Å². The molecule has 80 valence electrons. The van der Waals surface area contributed by atoms with Crippen molar-refractivity contribution in [3.8, 4) is 0 Å². The minimum absolute atomic E-state index is 0.434. The van der Waals surface area contributed by atoms with Crippen LogP contribution in [0.4, 0.5) is 5.69 Å². The predicted molar refractivity (Wildman–Crippen MR) is 59.6 cm³/mol. The van der Waals surface area contributed by atoms with Gasteiger partial charge in [-0.1, -0.05) is 17.7 Å². The molecule has 0 fully saturated rings. The van der Waals surface area contributed by atoms with E-state index in [0.29, 0.717) is 6.42 Å². The van der Waals surface area contributed by atoms with Crippen molar-refractivity contribution in [2.45, 2.75) is 18.9 Å². The molecule has 2 rings (SSSR count). The van der Waals surface area contributed by atoms with E-state index in [1.165, 1.54) is 0 Å². The van der Waals surface area contributed by atoms with E-state index in [4.69, 9.17) is 16.7 Å². The molecule has 0 aliphatic carbocycles. The Hall–Kier alpha value is -1.22. The van der Waals surface area contributed by atoms with E-state index in [2.05, 4.69) is 0 Å². The first-order valence-corrected chi connectivity index (χ1v) is 5.22. The molecule has 1 atom stereocenters. The number of nitrogens with zero attached hydrogens (tertiary/aromatic N) is 1. The molecule has 4 heteroatoms. The molecule has 1 aliphatic rings. The Morgan fingerprint density at radius 1 is 1.60 bits per heavy atom. The van der Waals surface area contributed by atoms with E-state index in [-0.39, 0.29) is 0 Å².